The lowest BCUT2D eigenvalue weighted by Gasteiger charge is -1.97. The number of benzene rings is 1. The van der Waals surface area contributed by atoms with E-state index in [0.717, 1.165) is 22.6 Å². The summed E-state index contributed by atoms with van der Waals surface area (Å²) in [4.78, 5) is 19.0. The lowest BCUT2D eigenvalue weighted by molar-refractivity contribution is 0.0706. The second kappa shape index (κ2) is 4.25. The number of aromatic amines is 1. The molecule has 19 heavy (non-hydrogen) atoms. The predicted octanol–water partition coefficient (Wildman–Crippen LogP) is 1.69. The number of aryl methyl sites for hydroxylation is 1. The molecule has 0 radical (unpaired) electrons. The Morgan fingerprint density at radius 3 is 2.95 bits per heavy atom. The number of carbonyl (C=O) groups excluding carboxylic acids is 1. The normalized spacial score (nSPS) is 10.8. The summed E-state index contributed by atoms with van der Waals surface area (Å²) in [5.74, 6) is 0.195. The Kier molecular flexibility index (Phi) is 2.57. The number of carbonyl (C=O) groups is 1. The van der Waals surface area contributed by atoms with Crippen molar-refractivity contribution in [3.63, 3.8) is 0 Å². The molecule has 0 unspecified atom stereocenters. The van der Waals surface area contributed by atoms with Crippen LogP contribution in [0.1, 0.15) is 10.4 Å². The Balaban J connectivity index is 2.11. The van der Waals surface area contributed by atoms with Gasteiger partial charge in [0.05, 0.1) is 16.7 Å². The number of fused-ring (bicyclic) bond motifs is 1. The van der Waals surface area contributed by atoms with E-state index in [2.05, 4.69) is 9.97 Å². The predicted molar refractivity (Wildman–Crippen MR) is 69.8 cm³/mol. The van der Waals surface area contributed by atoms with Crippen molar-refractivity contribution in [2.45, 2.75) is 0 Å². The number of imidazole rings is 1. The molecule has 0 aliphatic rings. The number of rotatable bonds is 2. The maximum absolute atomic E-state index is 11.3. The molecule has 6 heteroatoms. The van der Waals surface area contributed by atoms with Gasteiger partial charge in [0.2, 0.25) is 0 Å². The average molecular weight is 256 g/mol. The lowest BCUT2D eigenvalue weighted by Crippen LogP contribution is -2.18. The number of nitrogens with one attached hydrogen (secondary N) is 2. The van der Waals surface area contributed by atoms with Crippen LogP contribution >= 0.6 is 0 Å². The Hall–Kier alpha value is -2.60. The topological polar surface area (TPSA) is 82.9 Å². The summed E-state index contributed by atoms with van der Waals surface area (Å²) in [6.07, 6.45) is 1.94. The largest absolute Gasteiger partial charge is 0.348 e. The minimum Gasteiger partial charge on any atom is -0.348 e. The van der Waals surface area contributed by atoms with Crippen molar-refractivity contribution in [1.82, 2.24) is 20.0 Å². The molecule has 0 atom stereocenters. The number of nitrogens with zero attached hydrogens (tertiary/aromatic N) is 2. The fraction of sp³-hybridized carbons (Fsp3) is 0.0769. The van der Waals surface area contributed by atoms with Gasteiger partial charge in [0.1, 0.15) is 0 Å². The zero-order valence-electron chi connectivity index (χ0n) is 10.2. The first-order chi connectivity index (χ1) is 9.19. The number of H-pyrrole nitrogens is 1. The van der Waals surface area contributed by atoms with E-state index >= 15 is 0 Å². The van der Waals surface area contributed by atoms with Crippen molar-refractivity contribution in [2.75, 3.05) is 0 Å². The number of hydroxylamine groups is 1. The van der Waals surface area contributed by atoms with Gasteiger partial charge < -0.3 is 9.55 Å². The summed E-state index contributed by atoms with van der Waals surface area (Å²) >= 11 is 0. The molecule has 96 valence electrons. The van der Waals surface area contributed by atoms with Crippen LogP contribution < -0.4 is 5.48 Å². The van der Waals surface area contributed by atoms with E-state index in [1.807, 2.05) is 29.9 Å². The molecule has 3 N–H and O–H groups in total. The first-order valence-corrected chi connectivity index (χ1v) is 5.75. The summed E-state index contributed by atoms with van der Waals surface area (Å²) in [6.45, 7) is 0. The van der Waals surface area contributed by atoms with E-state index in [9.17, 15) is 4.79 Å². The Labute approximate surface area is 108 Å². The Morgan fingerprint density at radius 2 is 2.26 bits per heavy atom. The van der Waals surface area contributed by atoms with Crippen molar-refractivity contribution in [3.05, 3.63) is 42.1 Å². The van der Waals surface area contributed by atoms with Crippen LogP contribution in [0.2, 0.25) is 0 Å². The highest BCUT2D eigenvalue weighted by molar-refractivity contribution is 5.97. The average Bonchev–Trinajstić information content (AvgIpc) is 3.02. The number of hydrogen-bond acceptors (Lipinski definition) is 3. The molecule has 1 aromatic carbocycles. The molecule has 1 amide bonds. The maximum atomic E-state index is 11.3. The minimum absolute atomic E-state index is 0.372. The quantitative estimate of drug-likeness (QED) is 0.482. The van der Waals surface area contributed by atoms with Crippen molar-refractivity contribution in [1.29, 1.82) is 0 Å². The summed E-state index contributed by atoms with van der Waals surface area (Å²) < 4.78 is 1.96. The van der Waals surface area contributed by atoms with Gasteiger partial charge >= 0.3 is 0 Å². The molecule has 0 saturated carbocycles. The lowest BCUT2D eigenvalue weighted by atomic mass is 10.2. The summed E-state index contributed by atoms with van der Waals surface area (Å²) in [5, 5.41) is 8.62. The Bertz CT molecular complexity index is 757. The van der Waals surface area contributed by atoms with E-state index in [0.29, 0.717) is 5.56 Å². The highest BCUT2D eigenvalue weighted by atomic mass is 16.5. The van der Waals surface area contributed by atoms with Crippen LogP contribution in [0.15, 0.2) is 36.5 Å². The number of aromatic nitrogens is 3. The van der Waals surface area contributed by atoms with Gasteiger partial charge in [-0.15, -0.1) is 0 Å². The molecule has 0 bridgehead atoms. The van der Waals surface area contributed by atoms with Crippen LogP contribution in [0.5, 0.6) is 0 Å². The first kappa shape index (κ1) is 11.5. The molecule has 0 spiro atoms. The van der Waals surface area contributed by atoms with Gasteiger partial charge in [-0.2, -0.15) is 0 Å². The van der Waals surface area contributed by atoms with E-state index < -0.39 is 5.91 Å². The molecule has 3 rings (SSSR count). The van der Waals surface area contributed by atoms with Gasteiger partial charge in [0.25, 0.3) is 5.91 Å². The van der Waals surface area contributed by atoms with Crippen LogP contribution in [0.25, 0.3) is 22.6 Å². The second-order valence-corrected chi connectivity index (χ2v) is 4.26. The fourth-order valence-corrected chi connectivity index (χ4v) is 2.04. The van der Waals surface area contributed by atoms with E-state index in [1.54, 1.807) is 23.7 Å². The van der Waals surface area contributed by atoms with Crippen LogP contribution in [0.3, 0.4) is 0 Å². The third-order valence-electron chi connectivity index (χ3n) is 3.03. The van der Waals surface area contributed by atoms with Gasteiger partial charge in [-0.3, -0.25) is 10.0 Å². The zero-order valence-corrected chi connectivity index (χ0v) is 10.2. The van der Waals surface area contributed by atoms with Gasteiger partial charge in [0.15, 0.2) is 5.82 Å². The van der Waals surface area contributed by atoms with Gasteiger partial charge in [-0.05, 0) is 30.3 Å². The standard InChI is InChI=1S/C13H12N4O2/c1-17-6-2-3-11(17)12-14-9-5-4-8(13(18)16-19)7-10(9)15-12/h2-7,19H,1H3,(H,14,15)(H,16,18). The van der Waals surface area contributed by atoms with Crippen LogP contribution in [0.4, 0.5) is 0 Å². The molecular weight excluding hydrogens is 244 g/mol. The molecule has 0 aliphatic heterocycles. The SMILES string of the molecule is Cn1cccc1-c1nc2ccc(C(=O)NO)cc2[nH]1. The highest BCUT2D eigenvalue weighted by Crippen LogP contribution is 2.21. The van der Waals surface area contributed by atoms with E-state index in [4.69, 9.17) is 5.21 Å². The van der Waals surface area contributed by atoms with Crippen molar-refractivity contribution < 1.29 is 10.0 Å². The van der Waals surface area contributed by atoms with Gasteiger partial charge in [0, 0.05) is 18.8 Å². The van der Waals surface area contributed by atoms with E-state index in [-0.39, 0.29) is 0 Å². The zero-order chi connectivity index (χ0) is 13.4. The fourth-order valence-electron chi connectivity index (χ4n) is 2.04. The monoisotopic (exact) mass is 256 g/mol. The van der Waals surface area contributed by atoms with Crippen LogP contribution in [-0.4, -0.2) is 25.6 Å². The molecule has 0 aliphatic carbocycles. The third-order valence-corrected chi connectivity index (χ3v) is 3.03. The smallest absolute Gasteiger partial charge is 0.274 e. The highest BCUT2D eigenvalue weighted by Gasteiger charge is 2.10. The van der Waals surface area contributed by atoms with Crippen molar-refractivity contribution in [3.8, 4) is 11.5 Å². The molecule has 3 aromatic rings. The minimum atomic E-state index is -0.545. The second-order valence-electron chi connectivity index (χ2n) is 4.26. The molecule has 2 aromatic heterocycles. The Morgan fingerprint density at radius 1 is 1.42 bits per heavy atom. The van der Waals surface area contributed by atoms with Gasteiger partial charge in [-0.25, -0.2) is 10.5 Å². The molecule has 0 fully saturated rings. The van der Waals surface area contributed by atoms with Gasteiger partial charge in [-0.1, -0.05) is 0 Å². The van der Waals surface area contributed by atoms with Crippen molar-refractivity contribution >= 4 is 16.9 Å². The molecule has 0 saturated heterocycles. The van der Waals surface area contributed by atoms with Crippen molar-refractivity contribution in [2.24, 2.45) is 7.05 Å². The number of amides is 1. The summed E-state index contributed by atoms with van der Waals surface area (Å²) in [5.41, 5.74) is 4.46. The molecular formula is C13H12N4O2. The number of hydrogen-bond donors (Lipinski definition) is 3. The van der Waals surface area contributed by atoms with Crippen LogP contribution in [-0.2, 0) is 7.05 Å². The first-order valence-electron chi connectivity index (χ1n) is 5.75. The summed E-state index contributed by atoms with van der Waals surface area (Å²) in [6, 6.07) is 8.90. The molecule has 6 nitrogen and oxygen atoms in total. The maximum Gasteiger partial charge on any atom is 0.274 e. The molecule has 2 heterocycles. The summed E-state index contributed by atoms with van der Waals surface area (Å²) in [7, 11) is 1.94. The van der Waals surface area contributed by atoms with Crippen LogP contribution in [0, 0.1) is 0 Å². The third kappa shape index (κ3) is 1.88. The van der Waals surface area contributed by atoms with E-state index in [1.165, 1.54) is 0 Å².